The van der Waals surface area contributed by atoms with E-state index in [0.29, 0.717) is 44.7 Å². The maximum absolute atomic E-state index is 13.7. The highest BCUT2D eigenvalue weighted by Crippen LogP contribution is 2.33. The summed E-state index contributed by atoms with van der Waals surface area (Å²) in [5.74, 6) is 1.15. The van der Waals surface area contributed by atoms with Crippen molar-refractivity contribution in [3.63, 3.8) is 0 Å². The fraction of sp³-hybridized carbons (Fsp3) is 0.303. The number of nitrogens with one attached hydrogen (secondary N) is 2. The van der Waals surface area contributed by atoms with Crippen LogP contribution in [0.15, 0.2) is 72.8 Å². The summed E-state index contributed by atoms with van der Waals surface area (Å²) >= 11 is 0. The van der Waals surface area contributed by atoms with Crippen LogP contribution in [0.4, 0.5) is 15.9 Å². The van der Waals surface area contributed by atoms with Crippen LogP contribution in [-0.4, -0.2) is 38.9 Å². The van der Waals surface area contributed by atoms with Gasteiger partial charge in [-0.05, 0) is 67.3 Å². The quantitative estimate of drug-likeness (QED) is 0.248. The summed E-state index contributed by atoms with van der Waals surface area (Å²) in [5.41, 5.74) is 11.9. The van der Waals surface area contributed by atoms with Crippen molar-refractivity contribution in [1.29, 1.82) is 0 Å². The molecule has 4 N–H and O–H groups in total. The van der Waals surface area contributed by atoms with Gasteiger partial charge in [0, 0.05) is 37.3 Å². The lowest BCUT2D eigenvalue weighted by Crippen LogP contribution is -2.47. The molecule has 1 aliphatic heterocycles. The predicted molar refractivity (Wildman–Crippen MR) is 162 cm³/mol. The third kappa shape index (κ3) is 6.86. The van der Waals surface area contributed by atoms with E-state index in [2.05, 4.69) is 15.2 Å². The van der Waals surface area contributed by atoms with Gasteiger partial charge in [-0.1, -0.05) is 48.9 Å². The smallest absolute Gasteiger partial charge is 0.240 e. The normalized spacial score (nSPS) is 13.4. The van der Waals surface area contributed by atoms with E-state index >= 15 is 0 Å². The van der Waals surface area contributed by atoms with Gasteiger partial charge in [0.15, 0.2) is 0 Å². The molecule has 218 valence electrons. The number of fused-ring (bicyclic) bond motifs is 1. The molecule has 2 amide bonds. The summed E-state index contributed by atoms with van der Waals surface area (Å²) in [6.07, 6.45) is 1.74. The second-order valence-electron chi connectivity index (χ2n) is 10.8. The van der Waals surface area contributed by atoms with Crippen molar-refractivity contribution < 1.29 is 14.0 Å². The van der Waals surface area contributed by atoms with Crippen LogP contribution in [0.1, 0.15) is 42.3 Å². The Morgan fingerprint density at radius 3 is 2.36 bits per heavy atom. The molecule has 9 heteroatoms. The molecule has 0 saturated heterocycles. The Morgan fingerprint density at radius 2 is 1.67 bits per heavy atom. The van der Waals surface area contributed by atoms with Gasteiger partial charge >= 0.3 is 0 Å². The first-order valence-electron chi connectivity index (χ1n) is 14.4. The third-order valence-electron chi connectivity index (χ3n) is 7.48. The van der Waals surface area contributed by atoms with Crippen molar-refractivity contribution >= 4 is 23.3 Å². The van der Waals surface area contributed by atoms with Crippen LogP contribution in [0.5, 0.6) is 0 Å². The van der Waals surface area contributed by atoms with Gasteiger partial charge in [0.1, 0.15) is 23.2 Å². The SMILES string of the molecule is CCCC(=O)NCc1ccc(C[C@H](N)C(=O)N2CCn3c(nc(-c4ccc(F)cc4)c3Nc3ccc(C)cc3)C2)cc1. The molecular formula is C33H37FN6O2. The van der Waals surface area contributed by atoms with Crippen molar-refractivity contribution in [3.8, 4) is 11.3 Å². The van der Waals surface area contributed by atoms with Crippen LogP contribution < -0.4 is 16.4 Å². The lowest BCUT2D eigenvalue weighted by Gasteiger charge is -2.30. The van der Waals surface area contributed by atoms with Gasteiger partial charge in [-0.2, -0.15) is 0 Å². The van der Waals surface area contributed by atoms with Gasteiger partial charge < -0.3 is 25.8 Å². The molecule has 8 nitrogen and oxygen atoms in total. The molecule has 0 fully saturated rings. The molecule has 3 aromatic carbocycles. The summed E-state index contributed by atoms with van der Waals surface area (Å²) in [4.78, 5) is 31.8. The number of aryl methyl sites for hydroxylation is 1. The molecule has 1 aliphatic rings. The lowest BCUT2D eigenvalue weighted by atomic mass is 10.0. The van der Waals surface area contributed by atoms with E-state index < -0.39 is 6.04 Å². The molecular weight excluding hydrogens is 531 g/mol. The van der Waals surface area contributed by atoms with Crippen molar-refractivity contribution in [2.75, 3.05) is 11.9 Å². The van der Waals surface area contributed by atoms with Crippen LogP contribution in [0, 0.1) is 12.7 Å². The number of imidazole rings is 1. The van der Waals surface area contributed by atoms with Crippen molar-refractivity contribution in [2.45, 2.75) is 58.8 Å². The van der Waals surface area contributed by atoms with E-state index in [9.17, 15) is 14.0 Å². The third-order valence-corrected chi connectivity index (χ3v) is 7.48. The van der Waals surface area contributed by atoms with E-state index in [-0.39, 0.29) is 17.6 Å². The average molecular weight is 569 g/mol. The Bertz CT molecular complexity index is 1530. The minimum Gasteiger partial charge on any atom is -0.352 e. The van der Waals surface area contributed by atoms with Crippen molar-refractivity contribution in [2.24, 2.45) is 5.73 Å². The number of halogens is 1. The summed E-state index contributed by atoms with van der Waals surface area (Å²) in [6.45, 7) is 5.86. The van der Waals surface area contributed by atoms with Crippen molar-refractivity contribution in [1.82, 2.24) is 19.8 Å². The molecule has 1 atom stereocenters. The molecule has 42 heavy (non-hydrogen) atoms. The zero-order chi connectivity index (χ0) is 29.6. The summed E-state index contributed by atoms with van der Waals surface area (Å²) in [7, 11) is 0. The van der Waals surface area contributed by atoms with Gasteiger partial charge in [0.05, 0.1) is 12.6 Å². The molecule has 0 spiro atoms. The largest absolute Gasteiger partial charge is 0.352 e. The van der Waals surface area contributed by atoms with Crippen LogP contribution in [-0.2, 0) is 35.6 Å². The van der Waals surface area contributed by atoms with E-state index in [1.807, 2.05) is 62.4 Å². The number of hydrogen-bond acceptors (Lipinski definition) is 5. The number of aromatic nitrogens is 2. The Kier molecular flexibility index (Phi) is 8.97. The number of nitrogens with two attached hydrogens (primary N) is 1. The number of carbonyl (C=O) groups excluding carboxylic acids is 2. The van der Waals surface area contributed by atoms with Crippen LogP contribution >= 0.6 is 0 Å². The molecule has 4 aromatic rings. The average Bonchev–Trinajstić information content (AvgIpc) is 3.35. The van der Waals surface area contributed by atoms with E-state index in [1.165, 1.54) is 12.1 Å². The predicted octanol–water partition coefficient (Wildman–Crippen LogP) is 5.07. The number of carbonyl (C=O) groups is 2. The molecule has 0 saturated carbocycles. The van der Waals surface area contributed by atoms with Crippen LogP contribution in [0.3, 0.4) is 0 Å². The van der Waals surface area contributed by atoms with Gasteiger partial charge in [-0.3, -0.25) is 9.59 Å². The van der Waals surface area contributed by atoms with E-state index in [1.54, 1.807) is 17.0 Å². The zero-order valence-electron chi connectivity index (χ0n) is 24.1. The molecule has 1 aromatic heterocycles. The molecule has 2 heterocycles. The summed E-state index contributed by atoms with van der Waals surface area (Å²) in [5, 5.41) is 6.41. The first-order valence-corrected chi connectivity index (χ1v) is 14.4. The maximum Gasteiger partial charge on any atom is 0.240 e. The number of hydrogen-bond donors (Lipinski definition) is 3. The maximum atomic E-state index is 13.7. The molecule has 5 rings (SSSR count). The van der Waals surface area contributed by atoms with Gasteiger partial charge in [0.25, 0.3) is 0 Å². The monoisotopic (exact) mass is 568 g/mol. The molecule has 0 bridgehead atoms. The highest BCUT2D eigenvalue weighted by molar-refractivity contribution is 5.82. The number of amides is 2. The van der Waals surface area contributed by atoms with Gasteiger partial charge in [-0.15, -0.1) is 0 Å². The standard InChI is InChI=1S/C33H37FN6O2/c1-3-4-30(41)36-20-24-9-7-23(8-10-24)19-28(35)33(42)39-17-18-40-29(21-39)38-31(25-11-13-26(34)14-12-25)32(40)37-27-15-5-22(2)6-16-27/h5-16,28,37H,3-4,17-21,35H2,1-2H3,(H,36,41)/t28-/m0/s1. The second kappa shape index (κ2) is 13.0. The highest BCUT2D eigenvalue weighted by atomic mass is 19.1. The Labute approximate surface area is 245 Å². The lowest BCUT2D eigenvalue weighted by molar-refractivity contribution is -0.134. The fourth-order valence-corrected chi connectivity index (χ4v) is 5.11. The van der Waals surface area contributed by atoms with E-state index in [4.69, 9.17) is 10.7 Å². The van der Waals surface area contributed by atoms with E-state index in [0.717, 1.165) is 46.0 Å². The Morgan fingerprint density at radius 1 is 0.976 bits per heavy atom. The minimum absolute atomic E-state index is 0.0409. The number of rotatable bonds is 10. The molecule has 0 radical (unpaired) electrons. The number of anilines is 2. The topological polar surface area (TPSA) is 105 Å². The highest BCUT2D eigenvalue weighted by Gasteiger charge is 2.29. The fourth-order valence-electron chi connectivity index (χ4n) is 5.11. The number of nitrogens with zero attached hydrogens (tertiary/aromatic N) is 3. The Hall–Kier alpha value is -4.50. The zero-order valence-corrected chi connectivity index (χ0v) is 24.1. The second-order valence-corrected chi connectivity index (χ2v) is 10.8. The van der Waals surface area contributed by atoms with Crippen molar-refractivity contribution in [3.05, 3.63) is 101 Å². The molecule has 0 aliphatic carbocycles. The van der Waals surface area contributed by atoms with Gasteiger partial charge in [0.2, 0.25) is 11.8 Å². The summed E-state index contributed by atoms with van der Waals surface area (Å²) < 4.78 is 15.8. The number of benzene rings is 3. The summed E-state index contributed by atoms with van der Waals surface area (Å²) in [6, 6.07) is 21.5. The first kappa shape index (κ1) is 29.0. The minimum atomic E-state index is -0.691. The van der Waals surface area contributed by atoms with Crippen LogP contribution in [0.2, 0.25) is 0 Å². The van der Waals surface area contributed by atoms with Gasteiger partial charge in [-0.25, -0.2) is 9.37 Å². The van der Waals surface area contributed by atoms with Crippen LogP contribution in [0.25, 0.3) is 11.3 Å². The molecule has 0 unspecified atom stereocenters. The first-order chi connectivity index (χ1) is 20.3. The Balaban J connectivity index is 1.28.